The maximum absolute atomic E-state index is 11.2. The summed E-state index contributed by atoms with van der Waals surface area (Å²) in [5, 5.41) is 0. The molecule has 0 N–H and O–H groups in total. The van der Waals surface area contributed by atoms with E-state index in [1.165, 1.54) is 35.1 Å². The van der Waals surface area contributed by atoms with Gasteiger partial charge in [0.05, 0.1) is 0 Å². The Balaban J connectivity index is 1.76. The molecule has 3 heteroatoms. The van der Waals surface area contributed by atoms with E-state index in [-0.39, 0.29) is 10.8 Å². The molecule has 1 aliphatic carbocycles. The Labute approximate surface area is 159 Å². The molecule has 1 aromatic heterocycles. The van der Waals surface area contributed by atoms with Crippen LogP contribution in [0.25, 0.3) is 22.8 Å². The lowest BCUT2D eigenvalue weighted by molar-refractivity contribution is 0.332. The van der Waals surface area contributed by atoms with E-state index in [9.17, 15) is 4.79 Å². The Morgan fingerprint density at radius 2 is 1.56 bits per heavy atom. The fourth-order valence-electron chi connectivity index (χ4n) is 4.15. The smallest absolute Gasteiger partial charge is 0.391 e. The van der Waals surface area contributed by atoms with E-state index >= 15 is 0 Å². The number of fused-ring (bicyclic) bond motifs is 2. The molecule has 0 fully saturated rings. The molecule has 0 saturated heterocycles. The summed E-state index contributed by atoms with van der Waals surface area (Å²) in [6.45, 7) is 11.5. The first kappa shape index (κ1) is 17.8. The lowest BCUT2D eigenvalue weighted by Gasteiger charge is -2.42. The fourth-order valence-corrected chi connectivity index (χ4v) is 4.15. The number of allylic oxidation sites excluding steroid dienone is 1. The molecule has 2 aromatic carbocycles. The second-order valence-corrected chi connectivity index (χ2v) is 9.02. The molecule has 0 bridgehead atoms. The second-order valence-electron chi connectivity index (χ2n) is 9.02. The molecule has 1 heterocycles. The third-order valence-corrected chi connectivity index (χ3v) is 6.05. The molecule has 0 atom stereocenters. The van der Waals surface area contributed by atoms with Crippen molar-refractivity contribution in [2.24, 2.45) is 0 Å². The van der Waals surface area contributed by atoms with Gasteiger partial charge < -0.3 is 8.83 Å². The van der Waals surface area contributed by atoms with Crippen LogP contribution in [0.2, 0.25) is 0 Å². The van der Waals surface area contributed by atoms with E-state index < -0.39 is 5.82 Å². The molecule has 0 saturated carbocycles. The molecule has 0 aliphatic heterocycles. The molecule has 1 aliphatic rings. The van der Waals surface area contributed by atoms with Gasteiger partial charge in [0.2, 0.25) is 0 Å². The molecule has 0 unspecified atom stereocenters. The van der Waals surface area contributed by atoms with Crippen molar-refractivity contribution in [3.8, 4) is 0 Å². The van der Waals surface area contributed by atoms with Crippen LogP contribution in [0.4, 0.5) is 0 Å². The van der Waals surface area contributed by atoms with Crippen molar-refractivity contribution in [1.82, 2.24) is 0 Å². The Kier molecular flexibility index (Phi) is 3.95. The summed E-state index contributed by atoms with van der Waals surface area (Å²) < 4.78 is 10.0. The van der Waals surface area contributed by atoms with Gasteiger partial charge in [-0.3, -0.25) is 0 Å². The van der Waals surface area contributed by atoms with Gasteiger partial charge in [-0.15, -0.1) is 0 Å². The molecule has 0 radical (unpaired) electrons. The normalized spacial score (nSPS) is 18.5. The largest absolute Gasteiger partial charge is 0.519 e. The van der Waals surface area contributed by atoms with Crippen LogP contribution in [-0.4, -0.2) is 0 Å². The minimum atomic E-state index is -0.664. The van der Waals surface area contributed by atoms with Crippen molar-refractivity contribution in [3.63, 3.8) is 0 Å². The van der Waals surface area contributed by atoms with Crippen LogP contribution < -0.4 is 5.82 Å². The predicted molar refractivity (Wildman–Crippen MR) is 110 cm³/mol. The number of hydrogen-bond donors (Lipinski definition) is 0. The van der Waals surface area contributed by atoms with Gasteiger partial charge in [-0.25, -0.2) is 4.79 Å². The van der Waals surface area contributed by atoms with Crippen molar-refractivity contribution in [1.29, 1.82) is 0 Å². The van der Waals surface area contributed by atoms with E-state index in [1.807, 2.05) is 12.1 Å². The molecule has 3 aromatic rings. The van der Waals surface area contributed by atoms with Gasteiger partial charge in [-0.05, 0) is 70.6 Å². The summed E-state index contributed by atoms with van der Waals surface area (Å²) in [5.74, 6) is -0.664. The highest BCUT2D eigenvalue weighted by molar-refractivity contribution is 5.83. The molecule has 0 spiro atoms. The summed E-state index contributed by atoms with van der Waals surface area (Å²) in [7, 11) is 0. The number of hydrogen-bond acceptors (Lipinski definition) is 3. The molecular weight excluding hydrogens is 336 g/mol. The maximum Gasteiger partial charge on any atom is 0.519 e. The molecule has 27 heavy (non-hydrogen) atoms. The van der Waals surface area contributed by atoms with Crippen LogP contribution in [0, 0.1) is 0 Å². The Morgan fingerprint density at radius 1 is 0.889 bits per heavy atom. The zero-order chi connectivity index (χ0) is 19.4. The zero-order valence-electron chi connectivity index (χ0n) is 16.7. The van der Waals surface area contributed by atoms with Crippen LogP contribution in [0.3, 0.4) is 0 Å². The van der Waals surface area contributed by atoms with Gasteiger partial charge in [0.15, 0.2) is 11.2 Å². The van der Waals surface area contributed by atoms with Crippen LogP contribution in [0.5, 0.6) is 0 Å². The summed E-state index contributed by atoms with van der Waals surface area (Å²) >= 11 is 0. The summed E-state index contributed by atoms with van der Waals surface area (Å²) in [4.78, 5) is 11.2. The van der Waals surface area contributed by atoms with Crippen LogP contribution in [-0.2, 0) is 10.8 Å². The lowest BCUT2D eigenvalue weighted by atomic mass is 9.63. The van der Waals surface area contributed by atoms with Gasteiger partial charge >= 0.3 is 5.82 Å². The summed E-state index contributed by atoms with van der Waals surface area (Å²) in [6.07, 6.45) is 4.54. The molecule has 140 valence electrons. The Bertz CT molecular complexity index is 1110. The monoisotopic (exact) mass is 362 g/mol. The van der Waals surface area contributed by atoms with E-state index in [2.05, 4.69) is 58.9 Å². The van der Waals surface area contributed by atoms with E-state index in [1.54, 1.807) is 6.07 Å². The Hall–Kier alpha value is -2.55. The average Bonchev–Trinajstić information content (AvgIpc) is 2.98. The average molecular weight is 362 g/mol. The fraction of sp³-hybridized carbons (Fsp3) is 0.375. The van der Waals surface area contributed by atoms with Gasteiger partial charge in [0.1, 0.15) is 0 Å². The SMILES string of the molecule is CC(=Cc1ccc2oc(=O)oc2c1)c1ccc2c(c1)C(C)(C)CCC2(C)C. The maximum atomic E-state index is 11.2. The topological polar surface area (TPSA) is 43.4 Å². The van der Waals surface area contributed by atoms with Crippen LogP contribution >= 0.6 is 0 Å². The van der Waals surface area contributed by atoms with Crippen molar-refractivity contribution in [3.05, 3.63) is 69.3 Å². The minimum Gasteiger partial charge on any atom is -0.391 e. The van der Waals surface area contributed by atoms with Crippen molar-refractivity contribution in [2.75, 3.05) is 0 Å². The minimum absolute atomic E-state index is 0.195. The molecule has 4 rings (SSSR count). The quantitative estimate of drug-likeness (QED) is 0.503. The van der Waals surface area contributed by atoms with Gasteiger partial charge in [0.25, 0.3) is 0 Å². The Morgan fingerprint density at radius 3 is 2.30 bits per heavy atom. The van der Waals surface area contributed by atoms with Crippen LogP contribution in [0.1, 0.15) is 69.7 Å². The predicted octanol–water partition coefficient (Wildman–Crippen LogP) is 6.30. The number of benzene rings is 2. The zero-order valence-corrected chi connectivity index (χ0v) is 16.7. The van der Waals surface area contributed by atoms with Crippen LogP contribution in [0.15, 0.2) is 50.0 Å². The van der Waals surface area contributed by atoms with Crippen molar-refractivity contribution < 1.29 is 8.83 Å². The highest BCUT2D eigenvalue weighted by Gasteiger charge is 2.36. The highest BCUT2D eigenvalue weighted by Crippen LogP contribution is 2.46. The van der Waals surface area contributed by atoms with Crippen molar-refractivity contribution in [2.45, 2.75) is 58.3 Å². The summed E-state index contributed by atoms with van der Waals surface area (Å²) in [6, 6.07) is 12.5. The molecule has 0 amide bonds. The first-order valence-corrected chi connectivity index (χ1v) is 9.53. The van der Waals surface area contributed by atoms with Crippen molar-refractivity contribution >= 4 is 22.8 Å². The van der Waals surface area contributed by atoms with E-state index in [4.69, 9.17) is 8.83 Å². The van der Waals surface area contributed by atoms with Gasteiger partial charge in [0, 0.05) is 0 Å². The van der Waals surface area contributed by atoms with Gasteiger partial charge in [-0.2, -0.15) is 0 Å². The highest BCUT2D eigenvalue weighted by atomic mass is 16.6. The first-order valence-electron chi connectivity index (χ1n) is 9.53. The van der Waals surface area contributed by atoms with E-state index in [0.29, 0.717) is 11.2 Å². The molecular formula is C24H26O3. The molecule has 3 nitrogen and oxygen atoms in total. The second kappa shape index (κ2) is 5.98. The number of rotatable bonds is 2. The summed E-state index contributed by atoms with van der Waals surface area (Å²) in [5.41, 5.74) is 7.71. The lowest BCUT2D eigenvalue weighted by Crippen LogP contribution is -2.33. The van der Waals surface area contributed by atoms with E-state index in [0.717, 1.165) is 5.56 Å². The third-order valence-electron chi connectivity index (χ3n) is 6.05. The first-order chi connectivity index (χ1) is 12.7. The third kappa shape index (κ3) is 3.16. The standard InChI is InChI=1S/C24H26O3/c1-15(12-16-6-9-20-21(13-16)27-22(25)26-20)17-7-8-18-19(14-17)24(4,5)11-10-23(18,2)3/h6-9,12-14H,10-11H2,1-5H3. The van der Waals surface area contributed by atoms with Gasteiger partial charge in [-0.1, -0.05) is 58.0 Å².